The fourth-order valence-corrected chi connectivity index (χ4v) is 5.01. The van der Waals surface area contributed by atoms with Gasteiger partial charge in [0.2, 0.25) is 10.0 Å². The van der Waals surface area contributed by atoms with Gasteiger partial charge < -0.3 is 19.5 Å². The number of carbonyl (C=O) groups is 2. The molecule has 0 aromatic heterocycles. The number of carbonyl (C=O) groups excluding carboxylic acids is 2. The van der Waals surface area contributed by atoms with Gasteiger partial charge in [-0.3, -0.25) is 14.9 Å². The average molecular weight is 656 g/mol. The number of ether oxygens (including phenoxy) is 2. The van der Waals surface area contributed by atoms with Crippen LogP contribution in [0.1, 0.15) is 62.2 Å². The highest BCUT2D eigenvalue weighted by molar-refractivity contribution is 7.89. The van der Waals surface area contributed by atoms with Crippen molar-refractivity contribution < 1.29 is 37.5 Å². The van der Waals surface area contributed by atoms with Crippen LogP contribution in [0.2, 0.25) is 0 Å². The lowest BCUT2D eigenvalue weighted by Crippen LogP contribution is -2.41. The lowest BCUT2D eigenvalue weighted by Gasteiger charge is -2.29. The molecule has 0 saturated carbocycles. The molecule has 3 rings (SSSR count). The standard InChI is InChI=1S/C33H41N3O9S/c1-22(2)19-26-20-25(11-16-29(26)31(38)34-46(6,42)43)23-9-14-28(15-10-23)44-18-17-35(32(39)45-33(3,4)5)21-30(37)24-7-12-27(13-8-24)36(40)41/h7-16,20,22,30,37H,17-19,21H2,1-6H3,(H,34,38)/t30-/m0/s1. The highest BCUT2D eigenvalue weighted by atomic mass is 32.2. The van der Waals surface area contributed by atoms with Crippen LogP contribution in [0.15, 0.2) is 66.7 Å². The summed E-state index contributed by atoms with van der Waals surface area (Å²) in [5, 5.41) is 21.7. The zero-order valence-corrected chi connectivity index (χ0v) is 27.7. The number of rotatable bonds is 13. The van der Waals surface area contributed by atoms with Gasteiger partial charge in [-0.2, -0.15) is 0 Å². The van der Waals surface area contributed by atoms with Crippen molar-refractivity contribution in [2.45, 2.75) is 52.7 Å². The molecule has 0 unspecified atom stereocenters. The summed E-state index contributed by atoms with van der Waals surface area (Å²) in [4.78, 5) is 37.3. The summed E-state index contributed by atoms with van der Waals surface area (Å²) >= 11 is 0. The number of nitrogens with zero attached hydrogens (tertiary/aromatic N) is 2. The number of hydrogen-bond donors (Lipinski definition) is 2. The molecule has 2 N–H and O–H groups in total. The lowest BCUT2D eigenvalue weighted by atomic mass is 9.93. The zero-order chi connectivity index (χ0) is 34.2. The molecule has 1 atom stereocenters. The number of nitro groups is 1. The predicted octanol–water partition coefficient (Wildman–Crippen LogP) is 5.50. The molecule has 0 aliphatic heterocycles. The highest BCUT2D eigenvalue weighted by Crippen LogP contribution is 2.27. The molecule has 0 saturated heterocycles. The minimum absolute atomic E-state index is 0.0915. The van der Waals surface area contributed by atoms with Gasteiger partial charge in [-0.15, -0.1) is 0 Å². The van der Waals surface area contributed by atoms with Crippen LogP contribution in [0.4, 0.5) is 10.5 Å². The van der Waals surface area contributed by atoms with Gasteiger partial charge in [0.1, 0.15) is 18.0 Å². The summed E-state index contributed by atoms with van der Waals surface area (Å²) in [6.07, 6.45) is -0.241. The molecule has 13 heteroatoms. The number of aliphatic hydroxyl groups is 1. The number of benzene rings is 3. The molecular weight excluding hydrogens is 614 g/mol. The molecule has 2 amide bonds. The number of sulfonamides is 1. The largest absolute Gasteiger partial charge is 0.492 e. The van der Waals surface area contributed by atoms with Crippen LogP contribution in [-0.4, -0.2) is 66.9 Å². The summed E-state index contributed by atoms with van der Waals surface area (Å²) in [6.45, 7) is 9.29. The first-order valence-electron chi connectivity index (χ1n) is 14.7. The van der Waals surface area contributed by atoms with Gasteiger partial charge in [0.25, 0.3) is 11.6 Å². The smallest absolute Gasteiger partial charge is 0.410 e. The van der Waals surface area contributed by atoms with Gasteiger partial charge in [-0.1, -0.05) is 38.1 Å². The molecule has 0 fully saturated rings. The summed E-state index contributed by atoms with van der Waals surface area (Å²) in [6, 6.07) is 18.0. The predicted molar refractivity (Wildman–Crippen MR) is 174 cm³/mol. The maximum absolute atomic E-state index is 12.9. The van der Waals surface area contributed by atoms with Gasteiger partial charge in [0.05, 0.1) is 30.4 Å². The second kappa shape index (κ2) is 15.2. The van der Waals surface area contributed by atoms with Crippen LogP contribution >= 0.6 is 0 Å². The molecule has 12 nitrogen and oxygen atoms in total. The summed E-state index contributed by atoms with van der Waals surface area (Å²) in [5.74, 6) is 0.0933. The highest BCUT2D eigenvalue weighted by Gasteiger charge is 2.25. The van der Waals surface area contributed by atoms with E-state index in [1.54, 1.807) is 45.0 Å². The quantitative estimate of drug-likeness (QED) is 0.179. The number of aliphatic hydroxyl groups excluding tert-OH is 1. The van der Waals surface area contributed by atoms with Crippen molar-refractivity contribution >= 4 is 27.7 Å². The monoisotopic (exact) mass is 655 g/mol. The van der Waals surface area contributed by atoms with E-state index in [1.807, 2.05) is 36.8 Å². The molecule has 3 aromatic rings. The molecule has 0 aliphatic rings. The Kier molecular flexibility index (Phi) is 11.9. The number of amides is 2. The fraction of sp³-hybridized carbons (Fsp3) is 0.394. The van der Waals surface area contributed by atoms with Gasteiger partial charge in [0.15, 0.2) is 0 Å². The fourth-order valence-electron chi connectivity index (χ4n) is 4.56. The molecule has 3 aromatic carbocycles. The topological polar surface area (TPSA) is 165 Å². The lowest BCUT2D eigenvalue weighted by molar-refractivity contribution is -0.384. The van der Waals surface area contributed by atoms with Crippen LogP contribution in [0.5, 0.6) is 5.75 Å². The normalized spacial score (nSPS) is 12.3. The van der Waals surface area contributed by atoms with E-state index in [2.05, 4.69) is 0 Å². The second-order valence-corrected chi connectivity index (χ2v) is 14.1. The van der Waals surface area contributed by atoms with E-state index in [0.717, 1.165) is 22.9 Å². The van der Waals surface area contributed by atoms with E-state index in [1.165, 1.54) is 29.2 Å². The van der Waals surface area contributed by atoms with Crippen LogP contribution < -0.4 is 9.46 Å². The Morgan fingerprint density at radius 2 is 1.61 bits per heavy atom. The summed E-state index contributed by atoms with van der Waals surface area (Å²) in [7, 11) is -3.71. The van der Waals surface area contributed by atoms with Crippen LogP contribution in [0, 0.1) is 16.0 Å². The van der Waals surface area contributed by atoms with Gasteiger partial charge >= 0.3 is 6.09 Å². The van der Waals surface area contributed by atoms with E-state index in [0.29, 0.717) is 23.3 Å². The summed E-state index contributed by atoms with van der Waals surface area (Å²) in [5.41, 5.74) is 2.27. The first kappa shape index (κ1) is 36.0. The third-order valence-electron chi connectivity index (χ3n) is 6.61. The van der Waals surface area contributed by atoms with Crippen molar-refractivity contribution in [3.63, 3.8) is 0 Å². The maximum Gasteiger partial charge on any atom is 0.410 e. The molecule has 46 heavy (non-hydrogen) atoms. The van der Waals surface area contributed by atoms with Gasteiger partial charge in [-0.25, -0.2) is 17.9 Å². The van der Waals surface area contributed by atoms with Crippen molar-refractivity contribution in [2.75, 3.05) is 26.0 Å². The third kappa shape index (κ3) is 11.1. The first-order chi connectivity index (χ1) is 21.4. The minimum Gasteiger partial charge on any atom is -0.492 e. The Labute approximate surface area is 269 Å². The Morgan fingerprint density at radius 3 is 2.15 bits per heavy atom. The van der Waals surface area contributed by atoms with E-state index >= 15 is 0 Å². The van der Waals surface area contributed by atoms with Crippen molar-refractivity contribution in [1.29, 1.82) is 0 Å². The Bertz CT molecular complexity index is 1630. The molecule has 0 aliphatic carbocycles. The Balaban J connectivity index is 1.71. The SMILES string of the molecule is CC(C)Cc1cc(-c2ccc(OCCN(C[C@H](O)c3ccc([N+](=O)[O-])cc3)C(=O)OC(C)(C)C)cc2)ccc1C(=O)NS(C)(=O)=O. The molecule has 0 spiro atoms. The number of hydrogen-bond acceptors (Lipinski definition) is 9. The zero-order valence-electron chi connectivity index (χ0n) is 26.8. The van der Waals surface area contributed by atoms with Gasteiger partial charge in [-0.05, 0) is 85.7 Å². The molecule has 0 radical (unpaired) electrons. The van der Waals surface area contributed by atoms with E-state index in [9.17, 15) is 33.2 Å². The molecular formula is C33H41N3O9S. The minimum atomic E-state index is -3.71. The first-order valence-corrected chi connectivity index (χ1v) is 16.6. The van der Waals surface area contributed by atoms with Crippen LogP contribution in [-0.2, 0) is 21.2 Å². The molecule has 248 valence electrons. The maximum atomic E-state index is 12.9. The average Bonchev–Trinajstić information content (AvgIpc) is 2.94. The van der Waals surface area contributed by atoms with Crippen molar-refractivity contribution in [3.05, 3.63) is 93.5 Å². The van der Waals surface area contributed by atoms with E-state index in [-0.39, 0.29) is 31.3 Å². The Hall–Kier alpha value is -4.49. The molecule has 0 bridgehead atoms. The molecule has 0 heterocycles. The third-order valence-corrected chi connectivity index (χ3v) is 7.16. The second-order valence-electron chi connectivity index (χ2n) is 12.3. The van der Waals surface area contributed by atoms with Crippen LogP contribution in [0.25, 0.3) is 11.1 Å². The van der Waals surface area contributed by atoms with Crippen LogP contribution in [0.3, 0.4) is 0 Å². The van der Waals surface area contributed by atoms with E-state index < -0.39 is 38.7 Å². The summed E-state index contributed by atoms with van der Waals surface area (Å²) < 4.78 is 36.6. The van der Waals surface area contributed by atoms with Gasteiger partial charge in [0, 0.05) is 17.7 Å². The van der Waals surface area contributed by atoms with Crippen molar-refractivity contribution in [2.24, 2.45) is 5.92 Å². The Morgan fingerprint density at radius 1 is 1.00 bits per heavy atom. The van der Waals surface area contributed by atoms with Crippen molar-refractivity contribution in [3.8, 4) is 16.9 Å². The van der Waals surface area contributed by atoms with Crippen molar-refractivity contribution in [1.82, 2.24) is 9.62 Å². The number of nitro benzene ring substituents is 1. The number of nitrogens with one attached hydrogen (secondary N) is 1. The number of non-ortho nitro benzene ring substituents is 1. The van der Waals surface area contributed by atoms with E-state index in [4.69, 9.17) is 9.47 Å².